The maximum atomic E-state index is 5.90. The summed E-state index contributed by atoms with van der Waals surface area (Å²) < 4.78 is 0. The Morgan fingerprint density at radius 1 is 0.846 bits per heavy atom. The third kappa shape index (κ3) is 4.90. The molecule has 0 saturated heterocycles. The number of benzene rings is 2. The zero-order chi connectivity index (χ0) is 18.4. The normalized spacial score (nSPS) is 21.5. The summed E-state index contributed by atoms with van der Waals surface area (Å²) in [6, 6.07) is 18.1. The molecule has 0 radical (unpaired) electrons. The Labute approximate surface area is 160 Å². The van der Waals surface area contributed by atoms with E-state index in [1.165, 1.54) is 62.5 Å². The average molecular weight is 350 g/mol. The van der Waals surface area contributed by atoms with Crippen molar-refractivity contribution in [2.24, 2.45) is 5.92 Å². The highest BCUT2D eigenvalue weighted by molar-refractivity contribution is 5.43. The summed E-state index contributed by atoms with van der Waals surface area (Å²) in [5, 5.41) is 0. The van der Waals surface area contributed by atoms with Crippen LogP contribution in [0, 0.1) is 5.92 Å². The molecule has 26 heavy (non-hydrogen) atoms. The molecular weight excluding hydrogens is 314 g/mol. The second-order valence-electron chi connectivity index (χ2n) is 8.34. The zero-order valence-electron chi connectivity index (χ0n) is 16.6. The van der Waals surface area contributed by atoms with Crippen molar-refractivity contribution in [2.45, 2.75) is 77.0 Å². The van der Waals surface area contributed by atoms with Gasteiger partial charge in [0.1, 0.15) is 0 Å². The molecule has 1 atom stereocenters. The standard InChI is InChI=1S/C25H35N/c1-3-4-5-6-25(23-15-17-24(26)18-16-23)22-13-11-21(12-14-22)20-9-7-19(2)8-10-20/h11-20,25H,3-10,26H2,1-2H3. The first kappa shape index (κ1) is 19.0. The highest BCUT2D eigenvalue weighted by Crippen LogP contribution is 2.37. The monoisotopic (exact) mass is 349 g/mol. The quantitative estimate of drug-likeness (QED) is 0.412. The van der Waals surface area contributed by atoms with Crippen LogP contribution in [0.2, 0.25) is 0 Å². The first-order valence-corrected chi connectivity index (χ1v) is 10.6. The summed E-state index contributed by atoms with van der Waals surface area (Å²) in [6.45, 7) is 4.67. The molecule has 2 aromatic carbocycles. The van der Waals surface area contributed by atoms with Crippen molar-refractivity contribution in [3.63, 3.8) is 0 Å². The van der Waals surface area contributed by atoms with Crippen LogP contribution in [0.25, 0.3) is 0 Å². The first-order chi connectivity index (χ1) is 12.7. The molecule has 1 unspecified atom stereocenters. The van der Waals surface area contributed by atoms with Crippen LogP contribution in [-0.4, -0.2) is 0 Å². The van der Waals surface area contributed by atoms with Gasteiger partial charge in [-0.2, -0.15) is 0 Å². The lowest BCUT2D eigenvalue weighted by Crippen LogP contribution is -2.11. The SMILES string of the molecule is CCCCCC(c1ccc(N)cc1)c1ccc(C2CCC(C)CC2)cc1. The van der Waals surface area contributed by atoms with Crippen molar-refractivity contribution >= 4 is 5.69 Å². The number of nitrogen functional groups attached to an aromatic ring is 1. The van der Waals surface area contributed by atoms with E-state index >= 15 is 0 Å². The Hall–Kier alpha value is -1.76. The molecule has 1 aliphatic rings. The Morgan fingerprint density at radius 2 is 1.42 bits per heavy atom. The van der Waals surface area contributed by atoms with Crippen LogP contribution >= 0.6 is 0 Å². The molecule has 0 amide bonds. The molecule has 1 saturated carbocycles. The second kappa shape index (κ2) is 9.26. The van der Waals surface area contributed by atoms with Gasteiger partial charge in [-0.25, -0.2) is 0 Å². The summed E-state index contributed by atoms with van der Waals surface area (Å²) in [6.07, 6.45) is 10.6. The van der Waals surface area contributed by atoms with Crippen LogP contribution < -0.4 is 5.73 Å². The minimum atomic E-state index is 0.488. The fourth-order valence-corrected chi connectivity index (χ4v) is 4.45. The van der Waals surface area contributed by atoms with Crippen LogP contribution in [0.4, 0.5) is 5.69 Å². The van der Waals surface area contributed by atoms with Crippen LogP contribution in [-0.2, 0) is 0 Å². The molecule has 1 aliphatic carbocycles. The van der Waals surface area contributed by atoms with Crippen LogP contribution in [0.1, 0.15) is 93.7 Å². The minimum absolute atomic E-state index is 0.488. The molecule has 0 aliphatic heterocycles. The van der Waals surface area contributed by atoms with E-state index in [9.17, 15) is 0 Å². The Bertz CT molecular complexity index is 648. The lowest BCUT2D eigenvalue weighted by Gasteiger charge is -2.27. The first-order valence-electron chi connectivity index (χ1n) is 10.6. The number of hydrogen-bond donors (Lipinski definition) is 1. The van der Waals surface area contributed by atoms with Crippen molar-refractivity contribution in [1.29, 1.82) is 0 Å². The highest BCUT2D eigenvalue weighted by atomic mass is 14.5. The van der Waals surface area contributed by atoms with Gasteiger partial charge >= 0.3 is 0 Å². The Kier molecular flexibility index (Phi) is 6.77. The largest absolute Gasteiger partial charge is 0.399 e. The van der Waals surface area contributed by atoms with Crippen molar-refractivity contribution < 1.29 is 0 Å². The van der Waals surface area contributed by atoms with E-state index in [2.05, 4.69) is 50.2 Å². The summed E-state index contributed by atoms with van der Waals surface area (Å²) in [4.78, 5) is 0. The minimum Gasteiger partial charge on any atom is -0.399 e. The van der Waals surface area contributed by atoms with Gasteiger partial charge in [0.2, 0.25) is 0 Å². The topological polar surface area (TPSA) is 26.0 Å². The zero-order valence-corrected chi connectivity index (χ0v) is 16.6. The van der Waals surface area contributed by atoms with Gasteiger partial charge in [-0.1, -0.05) is 82.3 Å². The van der Waals surface area contributed by atoms with Gasteiger partial charge in [-0.15, -0.1) is 0 Å². The predicted octanol–water partition coefficient (Wildman–Crippen LogP) is 7.27. The summed E-state index contributed by atoms with van der Waals surface area (Å²) >= 11 is 0. The summed E-state index contributed by atoms with van der Waals surface area (Å²) in [5.74, 6) is 2.18. The molecule has 0 spiro atoms. The smallest absolute Gasteiger partial charge is 0.0314 e. The van der Waals surface area contributed by atoms with E-state index in [0.717, 1.165) is 17.5 Å². The lowest BCUT2D eigenvalue weighted by molar-refractivity contribution is 0.348. The van der Waals surface area contributed by atoms with Crippen LogP contribution in [0.5, 0.6) is 0 Å². The number of anilines is 1. The number of hydrogen-bond acceptors (Lipinski definition) is 1. The van der Waals surface area contributed by atoms with Crippen molar-refractivity contribution in [1.82, 2.24) is 0 Å². The third-order valence-electron chi connectivity index (χ3n) is 6.26. The molecule has 0 aromatic heterocycles. The van der Waals surface area contributed by atoms with Gasteiger partial charge in [0.15, 0.2) is 0 Å². The summed E-state index contributed by atoms with van der Waals surface area (Å²) in [7, 11) is 0. The van der Waals surface area contributed by atoms with E-state index in [4.69, 9.17) is 5.73 Å². The Balaban J connectivity index is 1.76. The number of rotatable bonds is 7. The van der Waals surface area contributed by atoms with Gasteiger partial charge in [0, 0.05) is 11.6 Å². The molecule has 140 valence electrons. The highest BCUT2D eigenvalue weighted by Gasteiger charge is 2.20. The van der Waals surface area contributed by atoms with Crippen molar-refractivity contribution in [3.05, 3.63) is 65.2 Å². The third-order valence-corrected chi connectivity index (χ3v) is 6.26. The molecule has 3 rings (SSSR count). The van der Waals surface area contributed by atoms with Gasteiger partial charge in [0.05, 0.1) is 0 Å². The van der Waals surface area contributed by atoms with Gasteiger partial charge in [0.25, 0.3) is 0 Å². The second-order valence-corrected chi connectivity index (χ2v) is 8.34. The predicted molar refractivity (Wildman–Crippen MR) is 114 cm³/mol. The fraction of sp³-hybridized carbons (Fsp3) is 0.520. The molecule has 1 nitrogen and oxygen atoms in total. The maximum Gasteiger partial charge on any atom is 0.0314 e. The van der Waals surface area contributed by atoms with E-state index in [1.54, 1.807) is 5.56 Å². The van der Waals surface area contributed by atoms with Gasteiger partial charge in [-0.3, -0.25) is 0 Å². The molecule has 2 N–H and O–H groups in total. The average Bonchev–Trinajstić information content (AvgIpc) is 2.67. The molecule has 1 heteroatoms. The van der Waals surface area contributed by atoms with E-state index < -0.39 is 0 Å². The van der Waals surface area contributed by atoms with Gasteiger partial charge in [-0.05, 0) is 59.9 Å². The maximum absolute atomic E-state index is 5.90. The molecule has 2 aromatic rings. The van der Waals surface area contributed by atoms with E-state index in [0.29, 0.717) is 5.92 Å². The molecule has 0 heterocycles. The van der Waals surface area contributed by atoms with E-state index in [-0.39, 0.29) is 0 Å². The number of unbranched alkanes of at least 4 members (excludes halogenated alkanes) is 2. The van der Waals surface area contributed by atoms with E-state index in [1.807, 2.05) is 12.1 Å². The van der Waals surface area contributed by atoms with Gasteiger partial charge < -0.3 is 5.73 Å². The molecule has 0 bridgehead atoms. The summed E-state index contributed by atoms with van der Waals surface area (Å²) in [5.41, 5.74) is 11.2. The van der Waals surface area contributed by atoms with Crippen molar-refractivity contribution in [3.8, 4) is 0 Å². The Morgan fingerprint density at radius 3 is 2.00 bits per heavy atom. The van der Waals surface area contributed by atoms with Crippen LogP contribution in [0.15, 0.2) is 48.5 Å². The number of nitrogens with two attached hydrogens (primary N) is 1. The van der Waals surface area contributed by atoms with Crippen molar-refractivity contribution in [2.75, 3.05) is 5.73 Å². The lowest BCUT2D eigenvalue weighted by atomic mass is 9.78. The van der Waals surface area contributed by atoms with Crippen LogP contribution in [0.3, 0.4) is 0 Å². The molecular formula is C25H35N. The fourth-order valence-electron chi connectivity index (χ4n) is 4.45. The molecule has 1 fully saturated rings.